The zero-order chi connectivity index (χ0) is 16.5. The quantitative estimate of drug-likeness (QED) is 0.881. The molecule has 1 amide bonds. The highest BCUT2D eigenvalue weighted by atomic mass is 16.3. The summed E-state index contributed by atoms with van der Waals surface area (Å²) in [5, 5.41) is 17.5. The third kappa shape index (κ3) is 2.89. The van der Waals surface area contributed by atoms with Gasteiger partial charge in [0.2, 0.25) is 0 Å². The number of nitrogens with one attached hydrogen (secondary N) is 1. The van der Waals surface area contributed by atoms with Crippen molar-refractivity contribution in [1.29, 1.82) is 0 Å². The molecule has 2 N–H and O–H groups in total. The molecule has 1 aromatic heterocycles. The summed E-state index contributed by atoms with van der Waals surface area (Å²) in [6.07, 6.45) is 4.96. The second-order valence-electron chi connectivity index (χ2n) is 6.61. The van der Waals surface area contributed by atoms with Gasteiger partial charge in [0.05, 0.1) is 6.04 Å². The van der Waals surface area contributed by atoms with Crippen LogP contribution in [-0.2, 0) is 13.0 Å². The number of carbonyl (C=O) groups excluding carboxylic acids is 1. The van der Waals surface area contributed by atoms with Gasteiger partial charge >= 0.3 is 0 Å². The van der Waals surface area contributed by atoms with Crippen LogP contribution in [0, 0.1) is 0 Å². The number of amides is 1. The third-order valence-electron chi connectivity index (χ3n) is 4.96. The van der Waals surface area contributed by atoms with Gasteiger partial charge in [0.15, 0.2) is 0 Å². The Bertz CT molecular complexity index is 749. The summed E-state index contributed by atoms with van der Waals surface area (Å²) in [6, 6.07) is 7.54. The lowest BCUT2D eigenvalue weighted by molar-refractivity contribution is 0.0727. The van der Waals surface area contributed by atoms with Gasteiger partial charge in [0.1, 0.15) is 11.4 Å². The van der Waals surface area contributed by atoms with Crippen LogP contribution < -0.4 is 5.32 Å². The Labute approximate surface area is 141 Å². The predicted octanol–water partition coefficient (Wildman–Crippen LogP) is 1.71. The van der Waals surface area contributed by atoms with E-state index in [2.05, 4.69) is 10.4 Å². The van der Waals surface area contributed by atoms with E-state index in [1.54, 1.807) is 12.1 Å². The minimum atomic E-state index is -0.0356. The number of piperidine rings is 1. The van der Waals surface area contributed by atoms with Gasteiger partial charge in [0.25, 0.3) is 5.91 Å². The van der Waals surface area contributed by atoms with E-state index >= 15 is 0 Å². The lowest BCUT2D eigenvalue weighted by Crippen LogP contribution is -2.36. The fourth-order valence-corrected chi connectivity index (χ4v) is 3.59. The molecule has 2 aliphatic heterocycles. The first kappa shape index (κ1) is 15.2. The van der Waals surface area contributed by atoms with Gasteiger partial charge in [0, 0.05) is 25.8 Å². The molecule has 0 saturated carbocycles. The maximum Gasteiger partial charge on any atom is 0.274 e. The first-order valence-electron chi connectivity index (χ1n) is 8.56. The van der Waals surface area contributed by atoms with Crippen LogP contribution >= 0.6 is 0 Å². The second-order valence-corrected chi connectivity index (χ2v) is 6.61. The average molecular weight is 326 g/mol. The first-order chi connectivity index (χ1) is 11.7. The second kappa shape index (κ2) is 6.28. The average Bonchev–Trinajstić information content (AvgIpc) is 3.11. The smallest absolute Gasteiger partial charge is 0.274 e. The fourth-order valence-electron chi connectivity index (χ4n) is 3.59. The monoisotopic (exact) mass is 326 g/mol. The van der Waals surface area contributed by atoms with Crippen molar-refractivity contribution in [1.82, 2.24) is 20.0 Å². The van der Waals surface area contributed by atoms with E-state index in [0.717, 1.165) is 37.9 Å². The molecule has 2 aromatic rings. The van der Waals surface area contributed by atoms with E-state index in [9.17, 15) is 9.90 Å². The zero-order valence-corrected chi connectivity index (χ0v) is 13.6. The van der Waals surface area contributed by atoms with Crippen LogP contribution in [0.15, 0.2) is 30.5 Å². The Hall–Kier alpha value is -2.34. The molecule has 126 valence electrons. The lowest BCUT2D eigenvalue weighted by Gasteiger charge is -2.28. The van der Waals surface area contributed by atoms with E-state index < -0.39 is 0 Å². The van der Waals surface area contributed by atoms with Crippen molar-refractivity contribution in [3.63, 3.8) is 0 Å². The summed E-state index contributed by atoms with van der Waals surface area (Å²) in [7, 11) is 0. The molecule has 1 aromatic carbocycles. The molecule has 3 heterocycles. The Morgan fingerprint density at radius 3 is 3.04 bits per heavy atom. The Balaban J connectivity index is 1.49. The molecule has 1 saturated heterocycles. The first-order valence-corrected chi connectivity index (χ1v) is 8.56. The molecule has 0 radical (unpaired) electrons. The van der Waals surface area contributed by atoms with Gasteiger partial charge in [-0.2, -0.15) is 5.10 Å². The van der Waals surface area contributed by atoms with Gasteiger partial charge in [-0.15, -0.1) is 0 Å². The van der Waals surface area contributed by atoms with Gasteiger partial charge in [-0.25, -0.2) is 0 Å². The summed E-state index contributed by atoms with van der Waals surface area (Å²) in [5.74, 6) is 0.212. The topological polar surface area (TPSA) is 70.4 Å². The minimum Gasteiger partial charge on any atom is -0.508 e. The molecule has 1 fully saturated rings. The molecule has 4 rings (SSSR count). The van der Waals surface area contributed by atoms with E-state index in [0.29, 0.717) is 24.8 Å². The van der Waals surface area contributed by atoms with E-state index in [4.69, 9.17) is 0 Å². The van der Waals surface area contributed by atoms with Crippen molar-refractivity contribution in [2.75, 3.05) is 19.6 Å². The fraction of sp³-hybridized carbons (Fsp3) is 0.444. The van der Waals surface area contributed by atoms with Crippen molar-refractivity contribution in [3.8, 4) is 5.75 Å². The highest BCUT2D eigenvalue weighted by molar-refractivity contribution is 5.92. The van der Waals surface area contributed by atoms with Crippen LogP contribution in [0.2, 0.25) is 0 Å². The van der Waals surface area contributed by atoms with Crippen LogP contribution in [0.25, 0.3) is 0 Å². The normalized spacial score (nSPS) is 20.7. The minimum absolute atomic E-state index is 0.0356. The summed E-state index contributed by atoms with van der Waals surface area (Å²) < 4.78 is 1.92. The Kier molecular flexibility index (Phi) is 3.98. The molecule has 24 heavy (non-hydrogen) atoms. The van der Waals surface area contributed by atoms with Crippen molar-refractivity contribution in [3.05, 3.63) is 47.3 Å². The van der Waals surface area contributed by atoms with Crippen molar-refractivity contribution < 1.29 is 9.90 Å². The molecule has 0 bridgehead atoms. The number of rotatable bonds is 2. The van der Waals surface area contributed by atoms with Crippen LogP contribution in [-0.4, -0.2) is 45.3 Å². The van der Waals surface area contributed by atoms with E-state index in [-0.39, 0.29) is 11.7 Å². The van der Waals surface area contributed by atoms with Crippen molar-refractivity contribution in [2.45, 2.75) is 31.8 Å². The summed E-state index contributed by atoms with van der Waals surface area (Å²) in [5.41, 5.74) is 2.73. The summed E-state index contributed by atoms with van der Waals surface area (Å²) in [6.45, 7) is 3.18. The molecular weight excluding hydrogens is 304 g/mol. The number of phenols is 1. The Morgan fingerprint density at radius 2 is 2.21 bits per heavy atom. The SMILES string of the molecule is O=C(c1ccn(C2CCCNC2)n1)N1CCc2ccc(O)cc2C1. The highest BCUT2D eigenvalue weighted by Crippen LogP contribution is 2.24. The number of benzene rings is 1. The lowest BCUT2D eigenvalue weighted by atomic mass is 9.99. The molecule has 0 aliphatic carbocycles. The van der Waals surface area contributed by atoms with Crippen LogP contribution in [0.3, 0.4) is 0 Å². The molecule has 1 unspecified atom stereocenters. The van der Waals surface area contributed by atoms with Gasteiger partial charge in [-0.05, 0) is 55.1 Å². The molecule has 2 aliphatic rings. The molecule has 0 spiro atoms. The number of aromatic nitrogens is 2. The number of hydrogen-bond acceptors (Lipinski definition) is 4. The number of carbonyl (C=O) groups is 1. The third-order valence-corrected chi connectivity index (χ3v) is 4.96. The zero-order valence-electron chi connectivity index (χ0n) is 13.6. The van der Waals surface area contributed by atoms with Crippen LogP contribution in [0.4, 0.5) is 0 Å². The van der Waals surface area contributed by atoms with Crippen molar-refractivity contribution >= 4 is 5.91 Å². The number of fused-ring (bicyclic) bond motifs is 1. The van der Waals surface area contributed by atoms with Crippen molar-refractivity contribution in [2.24, 2.45) is 0 Å². The molecular formula is C18H22N4O2. The standard InChI is InChI=1S/C18H22N4O2/c23-16-4-3-13-5-8-21(12-14(13)10-16)18(24)17-6-9-22(20-17)15-2-1-7-19-11-15/h3-4,6,9-10,15,19,23H,1-2,5,7-8,11-12H2. The molecule has 6 heteroatoms. The maximum absolute atomic E-state index is 12.8. The van der Waals surface area contributed by atoms with Crippen LogP contribution in [0.5, 0.6) is 5.75 Å². The van der Waals surface area contributed by atoms with E-state index in [1.807, 2.05) is 27.9 Å². The number of phenolic OH excluding ortho intramolecular Hbond substituents is 1. The number of aromatic hydroxyl groups is 1. The number of hydrogen-bond donors (Lipinski definition) is 2. The predicted molar refractivity (Wildman–Crippen MR) is 89.9 cm³/mol. The largest absolute Gasteiger partial charge is 0.508 e. The van der Waals surface area contributed by atoms with Crippen LogP contribution in [0.1, 0.15) is 40.5 Å². The highest BCUT2D eigenvalue weighted by Gasteiger charge is 2.24. The van der Waals surface area contributed by atoms with Gasteiger partial charge < -0.3 is 15.3 Å². The summed E-state index contributed by atoms with van der Waals surface area (Å²) in [4.78, 5) is 14.6. The summed E-state index contributed by atoms with van der Waals surface area (Å²) >= 11 is 0. The molecule has 6 nitrogen and oxygen atoms in total. The Morgan fingerprint density at radius 1 is 1.29 bits per heavy atom. The van der Waals surface area contributed by atoms with E-state index in [1.165, 1.54) is 5.56 Å². The maximum atomic E-state index is 12.8. The van der Waals surface area contributed by atoms with Gasteiger partial charge in [-0.1, -0.05) is 6.07 Å². The number of nitrogens with zero attached hydrogens (tertiary/aromatic N) is 3. The van der Waals surface area contributed by atoms with Gasteiger partial charge in [-0.3, -0.25) is 9.48 Å². The molecule has 1 atom stereocenters.